The van der Waals surface area contributed by atoms with E-state index in [1.807, 2.05) is 0 Å². The Hall–Kier alpha value is -1.02. The molecule has 0 heterocycles. The third kappa shape index (κ3) is 3.01. The van der Waals surface area contributed by atoms with Gasteiger partial charge in [0.25, 0.3) is 0 Å². The Morgan fingerprint density at radius 1 is 1.24 bits per heavy atom. The average molecular weight is 233 g/mol. The molecule has 2 nitrogen and oxygen atoms in total. The van der Waals surface area contributed by atoms with Gasteiger partial charge in [-0.2, -0.15) is 0 Å². The van der Waals surface area contributed by atoms with E-state index in [0.29, 0.717) is 0 Å². The van der Waals surface area contributed by atoms with Gasteiger partial charge in [-0.1, -0.05) is 25.1 Å². The van der Waals surface area contributed by atoms with Crippen LogP contribution in [-0.2, 0) is 0 Å². The average Bonchev–Trinajstić information content (AvgIpc) is 3.05. The number of hydrogen-bond acceptors (Lipinski definition) is 2. The number of rotatable bonds is 6. The molecule has 0 amide bonds. The maximum atomic E-state index is 6.26. The van der Waals surface area contributed by atoms with Crippen LogP contribution in [0, 0.1) is 13.8 Å². The van der Waals surface area contributed by atoms with Gasteiger partial charge in [0.1, 0.15) is 11.4 Å². The lowest BCUT2D eigenvalue weighted by molar-refractivity contribution is 0.173. The fraction of sp³-hybridized carbons (Fsp3) is 0.600. The van der Waals surface area contributed by atoms with Crippen LogP contribution in [0.1, 0.15) is 37.3 Å². The van der Waals surface area contributed by atoms with E-state index in [4.69, 9.17) is 4.74 Å². The van der Waals surface area contributed by atoms with Gasteiger partial charge in [-0.25, -0.2) is 0 Å². The molecule has 0 aromatic heterocycles. The summed E-state index contributed by atoms with van der Waals surface area (Å²) in [5.41, 5.74) is 2.56. The van der Waals surface area contributed by atoms with E-state index >= 15 is 0 Å². The highest BCUT2D eigenvalue weighted by Crippen LogP contribution is 2.41. The first kappa shape index (κ1) is 12.4. The lowest BCUT2D eigenvalue weighted by Gasteiger charge is -2.21. The number of ether oxygens (including phenoxy) is 1. The molecule has 0 aliphatic heterocycles. The standard InChI is InChI=1S/C15H23NO/c1-4-10-16-11-15(8-9-15)17-14-12(2)6-5-7-13(14)3/h5-7,16H,4,8-11H2,1-3H3. The highest BCUT2D eigenvalue weighted by Gasteiger charge is 2.45. The second-order valence-corrected chi connectivity index (χ2v) is 5.18. The zero-order chi connectivity index (χ0) is 12.3. The van der Waals surface area contributed by atoms with Crippen LogP contribution < -0.4 is 10.1 Å². The van der Waals surface area contributed by atoms with E-state index in [0.717, 1.165) is 18.8 Å². The number of aryl methyl sites for hydroxylation is 2. The molecule has 1 aliphatic rings. The van der Waals surface area contributed by atoms with Crippen molar-refractivity contribution in [2.75, 3.05) is 13.1 Å². The molecule has 1 aliphatic carbocycles. The van der Waals surface area contributed by atoms with Gasteiger partial charge in [-0.15, -0.1) is 0 Å². The van der Waals surface area contributed by atoms with Crippen LogP contribution in [0.15, 0.2) is 18.2 Å². The summed E-state index contributed by atoms with van der Waals surface area (Å²) < 4.78 is 6.26. The minimum Gasteiger partial charge on any atom is -0.485 e. The largest absolute Gasteiger partial charge is 0.485 e. The highest BCUT2D eigenvalue weighted by atomic mass is 16.5. The van der Waals surface area contributed by atoms with Crippen molar-refractivity contribution in [3.05, 3.63) is 29.3 Å². The van der Waals surface area contributed by atoms with Crippen molar-refractivity contribution in [3.8, 4) is 5.75 Å². The Morgan fingerprint density at radius 3 is 2.41 bits per heavy atom. The third-order valence-corrected chi connectivity index (χ3v) is 3.41. The monoisotopic (exact) mass is 233 g/mol. The molecule has 94 valence electrons. The molecule has 0 spiro atoms. The Labute approximate surface area is 104 Å². The van der Waals surface area contributed by atoms with Gasteiger partial charge in [-0.3, -0.25) is 0 Å². The summed E-state index contributed by atoms with van der Waals surface area (Å²) in [5.74, 6) is 1.09. The zero-order valence-corrected chi connectivity index (χ0v) is 11.2. The molecular weight excluding hydrogens is 210 g/mol. The van der Waals surface area contributed by atoms with Crippen LogP contribution in [-0.4, -0.2) is 18.7 Å². The minimum absolute atomic E-state index is 0.0754. The van der Waals surface area contributed by atoms with Crippen LogP contribution >= 0.6 is 0 Å². The number of hydrogen-bond donors (Lipinski definition) is 1. The van der Waals surface area contributed by atoms with E-state index in [1.54, 1.807) is 0 Å². The molecule has 1 N–H and O–H groups in total. The van der Waals surface area contributed by atoms with Crippen LogP contribution in [0.3, 0.4) is 0 Å². The summed E-state index contributed by atoms with van der Waals surface area (Å²) in [7, 11) is 0. The predicted molar refractivity (Wildman–Crippen MR) is 71.7 cm³/mol. The summed E-state index contributed by atoms with van der Waals surface area (Å²) in [4.78, 5) is 0. The van der Waals surface area contributed by atoms with Crippen LogP contribution in [0.2, 0.25) is 0 Å². The maximum absolute atomic E-state index is 6.26. The lowest BCUT2D eigenvalue weighted by Crippen LogP contribution is -2.34. The van der Waals surface area contributed by atoms with Gasteiger partial charge in [-0.05, 0) is 50.8 Å². The SMILES string of the molecule is CCCNCC1(Oc2c(C)cccc2C)CC1. The Kier molecular flexibility index (Phi) is 3.72. The Bertz CT molecular complexity index is 362. The minimum atomic E-state index is 0.0754. The van der Waals surface area contributed by atoms with Crippen molar-refractivity contribution in [1.29, 1.82) is 0 Å². The molecule has 1 aromatic rings. The van der Waals surface area contributed by atoms with Gasteiger partial charge in [0.15, 0.2) is 0 Å². The first-order valence-electron chi connectivity index (χ1n) is 6.63. The second kappa shape index (κ2) is 5.09. The summed E-state index contributed by atoms with van der Waals surface area (Å²) >= 11 is 0. The first-order valence-corrected chi connectivity index (χ1v) is 6.63. The summed E-state index contributed by atoms with van der Waals surface area (Å²) in [5, 5.41) is 3.47. The van der Waals surface area contributed by atoms with Crippen LogP contribution in [0.4, 0.5) is 0 Å². The van der Waals surface area contributed by atoms with E-state index in [-0.39, 0.29) is 5.60 Å². The zero-order valence-electron chi connectivity index (χ0n) is 11.2. The molecular formula is C15H23NO. The second-order valence-electron chi connectivity index (χ2n) is 5.18. The quantitative estimate of drug-likeness (QED) is 0.762. The first-order chi connectivity index (χ1) is 8.17. The molecule has 1 aromatic carbocycles. The molecule has 0 radical (unpaired) electrons. The van der Waals surface area contributed by atoms with Gasteiger partial charge >= 0.3 is 0 Å². The van der Waals surface area contributed by atoms with E-state index < -0.39 is 0 Å². The van der Waals surface area contributed by atoms with Gasteiger partial charge < -0.3 is 10.1 Å². The van der Waals surface area contributed by atoms with Crippen molar-refractivity contribution in [2.24, 2.45) is 0 Å². The van der Waals surface area contributed by atoms with Crippen molar-refractivity contribution in [3.63, 3.8) is 0 Å². The molecule has 2 heteroatoms. The van der Waals surface area contributed by atoms with E-state index in [2.05, 4.69) is 44.3 Å². The van der Waals surface area contributed by atoms with E-state index in [1.165, 1.54) is 30.4 Å². The highest BCUT2D eigenvalue weighted by molar-refractivity contribution is 5.40. The summed E-state index contributed by atoms with van der Waals surface area (Å²) in [6.45, 7) is 8.50. The number of nitrogens with one attached hydrogen (secondary N) is 1. The molecule has 1 saturated carbocycles. The fourth-order valence-corrected chi connectivity index (χ4v) is 2.12. The molecule has 2 rings (SSSR count). The Morgan fingerprint density at radius 2 is 1.88 bits per heavy atom. The van der Waals surface area contributed by atoms with Crippen LogP contribution in [0.5, 0.6) is 5.75 Å². The number of benzene rings is 1. The third-order valence-electron chi connectivity index (χ3n) is 3.41. The molecule has 1 fully saturated rings. The van der Waals surface area contributed by atoms with Crippen LogP contribution in [0.25, 0.3) is 0 Å². The predicted octanol–water partition coefficient (Wildman–Crippen LogP) is 3.21. The van der Waals surface area contributed by atoms with Gasteiger partial charge in [0.2, 0.25) is 0 Å². The van der Waals surface area contributed by atoms with Crippen molar-refractivity contribution in [1.82, 2.24) is 5.32 Å². The molecule has 0 atom stereocenters. The fourth-order valence-electron chi connectivity index (χ4n) is 2.12. The number of para-hydroxylation sites is 1. The molecule has 0 bridgehead atoms. The van der Waals surface area contributed by atoms with E-state index in [9.17, 15) is 0 Å². The maximum Gasteiger partial charge on any atom is 0.126 e. The Balaban J connectivity index is 2.00. The topological polar surface area (TPSA) is 21.3 Å². The van der Waals surface area contributed by atoms with Crippen molar-refractivity contribution < 1.29 is 4.74 Å². The van der Waals surface area contributed by atoms with Gasteiger partial charge in [0.05, 0.1) is 0 Å². The molecule has 0 saturated heterocycles. The van der Waals surface area contributed by atoms with Crippen molar-refractivity contribution >= 4 is 0 Å². The molecule has 0 unspecified atom stereocenters. The smallest absolute Gasteiger partial charge is 0.126 e. The molecule has 17 heavy (non-hydrogen) atoms. The summed E-state index contributed by atoms with van der Waals surface area (Å²) in [6.07, 6.45) is 3.54. The lowest BCUT2D eigenvalue weighted by atomic mass is 10.1. The normalized spacial score (nSPS) is 16.9. The van der Waals surface area contributed by atoms with Crippen molar-refractivity contribution in [2.45, 2.75) is 45.6 Å². The summed E-state index contributed by atoms with van der Waals surface area (Å²) in [6, 6.07) is 6.34. The van der Waals surface area contributed by atoms with Gasteiger partial charge in [0, 0.05) is 6.54 Å².